The summed E-state index contributed by atoms with van der Waals surface area (Å²) in [4.78, 5) is 12.3. The van der Waals surface area contributed by atoms with E-state index in [1.54, 1.807) is 13.2 Å². The van der Waals surface area contributed by atoms with E-state index in [4.69, 9.17) is 9.47 Å². The zero-order valence-electron chi connectivity index (χ0n) is 14.6. The van der Waals surface area contributed by atoms with Gasteiger partial charge in [0.15, 0.2) is 11.5 Å². The van der Waals surface area contributed by atoms with Crippen molar-refractivity contribution in [3.8, 4) is 11.5 Å². The molecular formula is C19H21BrFNO3. The van der Waals surface area contributed by atoms with Gasteiger partial charge in [-0.05, 0) is 56.7 Å². The fourth-order valence-electron chi connectivity index (χ4n) is 2.35. The number of amides is 1. The molecule has 0 saturated carbocycles. The summed E-state index contributed by atoms with van der Waals surface area (Å²) in [5, 5.41) is 2.86. The molecule has 0 bridgehead atoms. The maximum atomic E-state index is 13.5. The number of methoxy groups -OCH3 is 1. The zero-order chi connectivity index (χ0) is 18.6. The van der Waals surface area contributed by atoms with Gasteiger partial charge < -0.3 is 14.8 Å². The molecule has 134 valence electrons. The highest BCUT2D eigenvalue weighted by atomic mass is 79.9. The minimum Gasteiger partial charge on any atom is -0.493 e. The summed E-state index contributed by atoms with van der Waals surface area (Å²) >= 11 is 3.19. The Balaban J connectivity index is 2.17. The molecular weight excluding hydrogens is 389 g/mol. The second-order valence-electron chi connectivity index (χ2n) is 5.93. The van der Waals surface area contributed by atoms with Crippen LogP contribution in [0.2, 0.25) is 0 Å². The molecule has 25 heavy (non-hydrogen) atoms. The number of ether oxygens (including phenoxy) is 2. The van der Waals surface area contributed by atoms with E-state index in [1.807, 2.05) is 39.0 Å². The number of rotatable bonds is 6. The topological polar surface area (TPSA) is 47.6 Å². The Hall–Kier alpha value is -2.08. The van der Waals surface area contributed by atoms with E-state index in [9.17, 15) is 9.18 Å². The Morgan fingerprint density at radius 3 is 2.44 bits per heavy atom. The molecule has 4 nitrogen and oxygen atoms in total. The van der Waals surface area contributed by atoms with Gasteiger partial charge in [0.1, 0.15) is 5.82 Å². The van der Waals surface area contributed by atoms with Crippen molar-refractivity contribution in [1.82, 2.24) is 5.32 Å². The maximum absolute atomic E-state index is 13.5. The molecule has 2 aromatic rings. The smallest absolute Gasteiger partial charge is 0.251 e. The number of benzene rings is 2. The molecule has 2 rings (SSSR count). The molecule has 0 aliphatic carbocycles. The van der Waals surface area contributed by atoms with Gasteiger partial charge in [-0.3, -0.25) is 4.79 Å². The van der Waals surface area contributed by atoms with Crippen LogP contribution < -0.4 is 14.8 Å². The molecule has 0 saturated heterocycles. The summed E-state index contributed by atoms with van der Waals surface area (Å²) in [6, 6.07) is 9.31. The van der Waals surface area contributed by atoms with Crippen LogP contribution in [0.5, 0.6) is 11.5 Å². The van der Waals surface area contributed by atoms with Crippen LogP contribution in [-0.4, -0.2) is 19.1 Å². The summed E-state index contributed by atoms with van der Waals surface area (Å²) in [6.07, 6.45) is 0.0308. The normalized spacial score (nSPS) is 12.0. The van der Waals surface area contributed by atoms with Gasteiger partial charge in [0.2, 0.25) is 0 Å². The summed E-state index contributed by atoms with van der Waals surface area (Å²) < 4.78 is 25.0. The van der Waals surface area contributed by atoms with Gasteiger partial charge in [0.05, 0.1) is 19.3 Å². The Morgan fingerprint density at radius 1 is 1.12 bits per heavy atom. The van der Waals surface area contributed by atoms with Crippen molar-refractivity contribution in [3.63, 3.8) is 0 Å². The summed E-state index contributed by atoms with van der Waals surface area (Å²) in [5.41, 5.74) is 1.11. The first-order valence-electron chi connectivity index (χ1n) is 7.91. The van der Waals surface area contributed by atoms with Crippen LogP contribution in [0.15, 0.2) is 40.9 Å². The van der Waals surface area contributed by atoms with E-state index >= 15 is 0 Å². The molecule has 6 heteroatoms. The van der Waals surface area contributed by atoms with Gasteiger partial charge in [-0.15, -0.1) is 0 Å². The van der Waals surface area contributed by atoms with Crippen LogP contribution in [0.4, 0.5) is 4.39 Å². The van der Waals surface area contributed by atoms with E-state index < -0.39 is 5.82 Å². The third-order valence-electron chi connectivity index (χ3n) is 3.52. The number of nitrogens with one attached hydrogen (secondary N) is 1. The van der Waals surface area contributed by atoms with Gasteiger partial charge in [-0.1, -0.05) is 22.0 Å². The summed E-state index contributed by atoms with van der Waals surface area (Å²) in [6.45, 7) is 5.73. The van der Waals surface area contributed by atoms with Crippen molar-refractivity contribution >= 4 is 21.8 Å². The highest BCUT2D eigenvalue weighted by Crippen LogP contribution is 2.31. The van der Waals surface area contributed by atoms with Gasteiger partial charge in [-0.2, -0.15) is 0 Å². The second-order valence-corrected chi connectivity index (χ2v) is 6.85. The van der Waals surface area contributed by atoms with Crippen molar-refractivity contribution in [3.05, 3.63) is 57.8 Å². The fraction of sp³-hybridized carbons (Fsp3) is 0.316. The average molecular weight is 410 g/mol. The highest BCUT2D eigenvalue weighted by molar-refractivity contribution is 9.10. The highest BCUT2D eigenvalue weighted by Gasteiger charge is 2.15. The number of halogens is 2. The minimum absolute atomic E-state index is 0.0308. The molecule has 0 radical (unpaired) electrons. The average Bonchev–Trinajstić information content (AvgIpc) is 2.53. The molecule has 1 N–H and O–H groups in total. The van der Waals surface area contributed by atoms with E-state index in [2.05, 4.69) is 21.2 Å². The second kappa shape index (κ2) is 8.34. The molecule has 0 heterocycles. The van der Waals surface area contributed by atoms with E-state index in [-0.39, 0.29) is 23.6 Å². The first kappa shape index (κ1) is 19.2. The minimum atomic E-state index is -0.468. The van der Waals surface area contributed by atoms with Crippen molar-refractivity contribution in [2.45, 2.75) is 32.9 Å². The third-order valence-corrected chi connectivity index (χ3v) is 3.98. The molecule has 1 unspecified atom stereocenters. The number of hydrogen-bond acceptors (Lipinski definition) is 3. The summed E-state index contributed by atoms with van der Waals surface area (Å²) in [7, 11) is 1.57. The lowest BCUT2D eigenvalue weighted by molar-refractivity contribution is 0.0939. The maximum Gasteiger partial charge on any atom is 0.251 e. The molecule has 2 aromatic carbocycles. The quantitative estimate of drug-likeness (QED) is 0.739. The van der Waals surface area contributed by atoms with Crippen molar-refractivity contribution < 1.29 is 18.7 Å². The Morgan fingerprint density at radius 2 is 1.84 bits per heavy atom. The van der Waals surface area contributed by atoms with Crippen molar-refractivity contribution in [2.24, 2.45) is 0 Å². The number of carbonyl (C=O) groups is 1. The van der Waals surface area contributed by atoms with Crippen LogP contribution >= 0.6 is 15.9 Å². The van der Waals surface area contributed by atoms with Crippen LogP contribution in [0.3, 0.4) is 0 Å². The van der Waals surface area contributed by atoms with Crippen molar-refractivity contribution in [2.75, 3.05) is 7.11 Å². The predicted octanol–water partition coefficient (Wildman–Crippen LogP) is 4.88. The number of hydrogen-bond donors (Lipinski definition) is 1. The van der Waals surface area contributed by atoms with Gasteiger partial charge in [0, 0.05) is 10.0 Å². The van der Waals surface area contributed by atoms with Crippen LogP contribution in [0.1, 0.15) is 42.7 Å². The van der Waals surface area contributed by atoms with Gasteiger partial charge >= 0.3 is 0 Å². The van der Waals surface area contributed by atoms with Gasteiger partial charge in [0.25, 0.3) is 5.91 Å². The van der Waals surface area contributed by atoms with E-state index in [0.29, 0.717) is 16.0 Å². The van der Waals surface area contributed by atoms with E-state index in [1.165, 1.54) is 12.1 Å². The molecule has 1 atom stereocenters. The van der Waals surface area contributed by atoms with Gasteiger partial charge in [-0.25, -0.2) is 4.39 Å². The lowest BCUT2D eigenvalue weighted by Crippen LogP contribution is -2.26. The van der Waals surface area contributed by atoms with Crippen LogP contribution in [0, 0.1) is 5.82 Å². The largest absolute Gasteiger partial charge is 0.493 e. The summed E-state index contributed by atoms with van der Waals surface area (Å²) in [5.74, 6) is 0.424. The lowest BCUT2D eigenvalue weighted by Gasteiger charge is -2.18. The molecule has 0 spiro atoms. The lowest BCUT2D eigenvalue weighted by atomic mass is 10.1. The Kier molecular flexibility index (Phi) is 6.42. The monoisotopic (exact) mass is 409 g/mol. The number of carbonyl (C=O) groups excluding carboxylic acids is 1. The molecule has 0 fully saturated rings. The standard InChI is InChI=1S/C19H21BrFNO3/c1-11(2)25-17-6-5-13(9-18(17)24-4)12(3)22-19(23)14-7-15(20)10-16(21)8-14/h5-12H,1-4H3,(H,22,23). The first-order chi connectivity index (χ1) is 11.8. The third kappa shape index (κ3) is 5.19. The molecule has 0 aliphatic rings. The van der Waals surface area contributed by atoms with Crippen LogP contribution in [-0.2, 0) is 0 Å². The van der Waals surface area contributed by atoms with Crippen LogP contribution in [0.25, 0.3) is 0 Å². The SMILES string of the molecule is COc1cc(C(C)NC(=O)c2cc(F)cc(Br)c2)ccc1OC(C)C. The first-order valence-corrected chi connectivity index (χ1v) is 8.71. The zero-order valence-corrected chi connectivity index (χ0v) is 16.2. The fourth-order valence-corrected chi connectivity index (χ4v) is 2.82. The van der Waals surface area contributed by atoms with E-state index in [0.717, 1.165) is 5.56 Å². The molecule has 0 aromatic heterocycles. The molecule has 0 aliphatic heterocycles. The van der Waals surface area contributed by atoms with Crippen molar-refractivity contribution in [1.29, 1.82) is 0 Å². The Bertz CT molecular complexity index is 744. The molecule has 1 amide bonds. The predicted molar refractivity (Wildman–Crippen MR) is 98.7 cm³/mol. The Labute approximate surface area is 155 Å².